The number of hydrogen-bond donors (Lipinski definition) is 1. The summed E-state index contributed by atoms with van der Waals surface area (Å²) >= 11 is 0. The SMILES string of the molecule is C=CCOc1ccc(NC(=O)C2(c3ccc4c(c3)OCO4)CCCC2)cc1. The van der Waals surface area contributed by atoms with Crippen LogP contribution >= 0.6 is 0 Å². The molecule has 27 heavy (non-hydrogen) atoms. The number of hydrogen-bond acceptors (Lipinski definition) is 4. The van der Waals surface area contributed by atoms with E-state index >= 15 is 0 Å². The highest BCUT2D eigenvalue weighted by Gasteiger charge is 2.43. The molecule has 1 N–H and O–H groups in total. The van der Waals surface area contributed by atoms with Gasteiger partial charge >= 0.3 is 0 Å². The molecule has 1 aliphatic heterocycles. The van der Waals surface area contributed by atoms with Crippen LogP contribution in [0.2, 0.25) is 0 Å². The van der Waals surface area contributed by atoms with Crippen molar-refractivity contribution in [3.63, 3.8) is 0 Å². The van der Waals surface area contributed by atoms with Gasteiger partial charge < -0.3 is 19.5 Å². The fourth-order valence-electron chi connectivity index (χ4n) is 3.86. The van der Waals surface area contributed by atoms with E-state index in [1.165, 1.54) is 0 Å². The molecule has 2 aromatic rings. The molecule has 1 fully saturated rings. The third kappa shape index (κ3) is 3.37. The van der Waals surface area contributed by atoms with Crippen LogP contribution in [-0.4, -0.2) is 19.3 Å². The Morgan fingerprint density at radius 3 is 2.59 bits per heavy atom. The maximum atomic E-state index is 13.3. The fourth-order valence-corrected chi connectivity index (χ4v) is 3.86. The van der Waals surface area contributed by atoms with Crippen LogP contribution in [0.1, 0.15) is 31.2 Å². The van der Waals surface area contributed by atoms with Crippen LogP contribution in [0.3, 0.4) is 0 Å². The standard InChI is InChI=1S/C22H23NO4/c1-2-13-25-18-8-6-17(7-9-18)23-21(24)22(11-3-4-12-22)16-5-10-19-20(14-16)27-15-26-19/h2,5-10,14H,1,3-4,11-13,15H2,(H,23,24). The molecule has 4 rings (SSSR count). The summed E-state index contributed by atoms with van der Waals surface area (Å²) in [5.74, 6) is 2.23. The zero-order chi connectivity index (χ0) is 18.7. The van der Waals surface area contributed by atoms with Gasteiger partial charge in [-0.1, -0.05) is 31.6 Å². The van der Waals surface area contributed by atoms with Gasteiger partial charge in [0.2, 0.25) is 12.7 Å². The van der Waals surface area contributed by atoms with Crippen LogP contribution in [-0.2, 0) is 10.2 Å². The van der Waals surface area contributed by atoms with Crippen molar-refractivity contribution in [1.29, 1.82) is 0 Å². The third-order valence-corrected chi connectivity index (χ3v) is 5.30. The van der Waals surface area contributed by atoms with Gasteiger partial charge in [0, 0.05) is 5.69 Å². The van der Waals surface area contributed by atoms with Gasteiger partial charge in [0.15, 0.2) is 11.5 Å². The number of carbonyl (C=O) groups is 1. The van der Waals surface area contributed by atoms with Gasteiger partial charge in [-0.15, -0.1) is 0 Å². The van der Waals surface area contributed by atoms with Crippen molar-refractivity contribution in [1.82, 2.24) is 0 Å². The Balaban J connectivity index is 1.55. The van der Waals surface area contributed by atoms with E-state index in [1.54, 1.807) is 6.08 Å². The van der Waals surface area contributed by atoms with Crippen molar-refractivity contribution < 1.29 is 19.0 Å². The number of fused-ring (bicyclic) bond motifs is 1. The summed E-state index contributed by atoms with van der Waals surface area (Å²) in [5.41, 5.74) is 1.23. The second-order valence-corrected chi connectivity index (χ2v) is 6.94. The predicted octanol–water partition coefficient (Wildman–Crippen LogP) is 4.43. The number of amides is 1. The Kier molecular flexibility index (Phi) is 4.75. The quantitative estimate of drug-likeness (QED) is 0.770. The Morgan fingerprint density at radius 2 is 1.85 bits per heavy atom. The highest BCUT2D eigenvalue weighted by molar-refractivity contribution is 5.99. The van der Waals surface area contributed by atoms with E-state index in [-0.39, 0.29) is 12.7 Å². The molecule has 2 aliphatic rings. The van der Waals surface area contributed by atoms with Crippen molar-refractivity contribution in [2.45, 2.75) is 31.1 Å². The molecule has 1 aliphatic carbocycles. The highest BCUT2D eigenvalue weighted by atomic mass is 16.7. The average molecular weight is 365 g/mol. The normalized spacial score (nSPS) is 16.7. The molecule has 0 bridgehead atoms. The Morgan fingerprint density at radius 1 is 1.11 bits per heavy atom. The fraction of sp³-hybridized carbons (Fsp3) is 0.318. The molecule has 0 saturated heterocycles. The van der Waals surface area contributed by atoms with E-state index in [1.807, 2.05) is 42.5 Å². The molecule has 1 saturated carbocycles. The lowest BCUT2D eigenvalue weighted by molar-refractivity contribution is -0.121. The van der Waals surface area contributed by atoms with E-state index in [0.717, 1.165) is 54.2 Å². The van der Waals surface area contributed by atoms with Crippen molar-refractivity contribution in [3.05, 3.63) is 60.7 Å². The predicted molar refractivity (Wildman–Crippen MR) is 103 cm³/mol. The summed E-state index contributed by atoms with van der Waals surface area (Å²) < 4.78 is 16.4. The smallest absolute Gasteiger partial charge is 0.235 e. The van der Waals surface area contributed by atoms with E-state index in [9.17, 15) is 4.79 Å². The molecular weight excluding hydrogens is 342 g/mol. The molecule has 0 aromatic heterocycles. The lowest BCUT2D eigenvalue weighted by Gasteiger charge is -2.28. The number of ether oxygens (including phenoxy) is 3. The van der Waals surface area contributed by atoms with Crippen LogP contribution in [0.25, 0.3) is 0 Å². The first-order valence-corrected chi connectivity index (χ1v) is 9.27. The molecule has 2 aromatic carbocycles. The zero-order valence-electron chi connectivity index (χ0n) is 15.2. The van der Waals surface area contributed by atoms with Crippen molar-refractivity contribution in [2.24, 2.45) is 0 Å². The molecule has 0 spiro atoms. The minimum Gasteiger partial charge on any atom is -0.490 e. The lowest BCUT2D eigenvalue weighted by Crippen LogP contribution is -2.38. The second-order valence-electron chi connectivity index (χ2n) is 6.94. The highest BCUT2D eigenvalue weighted by Crippen LogP contribution is 2.45. The monoisotopic (exact) mass is 365 g/mol. The van der Waals surface area contributed by atoms with E-state index < -0.39 is 5.41 Å². The first-order chi connectivity index (χ1) is 13.2. The molecule has 0 atom stereocenters. The van der Waals surface area contributed by atoms with Gasteiger partial charge in [-0.25, -0.2) is 0 Å². The minimum atomic E-state index is -0.529. The maximum absolute atomic E-state index is 13.3. The van der Waals surface area contributed by atoms with Crippen molar-refractivity contribution in [3.8, 4) is 17.2 Å². The summed E-state index contributed by atoms with van der Waals surface area (Å²) in [6.07, 6.45) is 5.44. The number of nitrogens with one attached hydrogen (secondary N) is 1. The first kappa shape index (κ1) is 17.5. The largest absolute Gasteiger partial charge is 0.490 e. The number of carbonyl (C=O) groups excluding carboxylic acids is 1. The van der Waals surface area contributed by atoms with Crippen LogP contribution < -0.4 is 19.5 Å². The van der Waals surface area contributed by atoms with Crippen molar-refractivity contribution >= 4 is 11.6 Å². The molecule has 140 valence electrons. The van der Waals surface area contributed by atoms with Crippen molar-refractivity contribution in [2.75, 3.05) is 18.7 Å². The molecule has 5 nitrogen and oxygen atoms in total. The summed E-state index contributed by atoms with van der Waals surface area (Å²) in [7, 11) is 0. The Bertz CT molecular complexity index is 838. The number of rotatable bonds is 6. The summed E-state index contributed by atoms with van der Waals surface area (Å²) in [6.45, 7) is 4.33. The molecule has 0 unspecified atom stereocenters. The minimum absolute atomic E-state index is 0.0265. The first-order valence-electron chi connectivity index (χ1n) is 9.27. The summed E-state index contributed by atoms with van der Waals surface area (Å²) in [4.78, 5) is 13.3. The number of benzene rings is 2. The lowest BCUT2D eigenvalue weighted by atomic mass is 9.77. The Hall–Kier alpha value is -2.95. The topological polar surface area (TPSA) is 56.8 Å². The molecule has 0 radical (unpaired) electrons. The van der Waals surface area contributed by atoms with E-state index in [0.29, 0.717) is 6.61 Å². The van der Waals surface area contributed by atoms with Gasteiger partial charge in [-0.2, -0.15) is 0 Å². The zero-order valence-corrected chi connectivity index (χ0v) is 15.2. The van der Waals surface area contributed by atoms with Gasteiger partial charge in [0.25, 0.3) is 0 Å². The van der Waals surface area contributed by atoms with Crippen LogP contribution in [0.15, 0.2) is 55.1 Å². The van der Waals surface area contributed by atoms with Gasteiger partial charge in [0.05, 0.1) is 5.41 Å². The third-order valence-electron chi connectivity index (χ3n) is 5.30. The van der Waals surface area contributed by atoms with Gasteiger partial charge in [-0.3, -0.25) is 4.79 Å². The maximum Gasteiger partial charge on any atom is 0.235 e. The van der Waals surface area contributed by atoms with Crippen LogP contribution in [0.4, 0.5) is 5.69 Å². The molecule has 1 heterocycles. The summed E-state index contributed by atoms with van der Waals surface area (Å²) in [5, 5.41) is 3.09. The van der Waals surface area contributed by atoms with Gasteiger partial charge in [-0.05, 0) is 54.8 Å². The number of anilines is 1. The molecule has 5 heteroatoms. The molecular formula is C22H23NO4. The van der Waals surface area contributed by atoms with Crippen LogP contribution in [0, 0.1) is 0 Å². The van der Waals surface area contributed by atoms with Crippen LogP contribution in [0.5, 0.6) is 17.2 Å². The summed E-state index contributed by atoms with van der Waals surface area (Å²) in [6, 6.07) is 13.3. The van der Waals surface area contributed by atoms with E-state index in [4.69, 9.17) is 14.2 Å². The molecule has 1 amide bonds. The average Bonchev–Trinajstić information content (AvgIpc) is 3.37. The second kappa shape index (κ2) is 7.35. The van der Waals surface area contributed by atoms with E-state index in [2.05, 4.69) is 11.9 Å². The Labute approximate surface area is 158 Å². The van der Waals surface area contributed by atoms with Gasteiger partial charge in [0.1, 0.15) is 12.4 Å².